The van der Waals surface area contributed by atoms with Crippen LogP contribution in [0.5, 0.6) is 11.5 Å². The van der Waals surface area contributed by atoms with Crippen LogP contribution in [0.2, 0.25) is 0 Å². The number of nitrogens with one attached hydrogen (secondary N) is 1. The van der Waals surface area contributed by atoms with Gasteiger partial charge in [0.25, 0.3) is 5.91 Å². The normalized spacial score (nSPS) is 10.2. The molecule has 6 heteroatoms. The Morgan fingerprint density at radius 2 is 1.75 bits per heavy atom. The quantitative estimate of drug-likeness (QED) is 0.681. The van der Waals surface area contributed by atoms with Crippen LogP contribution >= 0.6 is 0 Å². The van der Waals surface area contributed by atoms with Crippen LogP contribution in [0, 0.1) is 0 Å². The van der Waals surface area contributed by atoms with Gasteiger partial charge in [-0.05, 0) is 42.7 Å². The van der Waals surface area contributed by atoms with Crippen LogP contribution in [-0.4, -0.2) is 43.5 Å². The van der Waals surface area contributed by atoms with Crippen molar-refractivity contribution in [3.05, 3.63) is 54.1 Å². The molecule has 0 aromatic heterocycles. The Hall–Kier alpha value is -3.02. The SMILES string of the molecule is CCCN(CC(=O)Nc1ccccc1OC)C(=O)COc1ccc(CC)cc1. The molecule has 6 nitrogen and oxygen atoms in total. The summed E-state index contributed by atoms with van der Waals surface area (Å²) in [6.45, 7) is 4.38. The Balaban J connectivity index is 1.93. The van der Waals surface area contributed by atoms with Crippen LogP contribution in [0.25, 0.3) is 0 Å². The fourth-order valence-corrected chi connectivity index (χ4v) is 2.73. The van der Waals surface area contributed by atoms with E-state index in [-0.39, 0.29) is 25.0 Å². The first kappa shape index (κ1) is 21.3. The molecule has 0 atom stereocenters. The molecule has 0 unspecified atom stereocenters. The van der Waals surface area contributed by atoms with Crippen molar-refractivity contribution >= 4 is 17.5 Å². The second kappa shape index (κ2) is 11.0. The number of methoxy groups -OCH3 is 1. The number of carbonyl (C=O) groups excluding carboxylic acids is 2. The molecule has 1 N–H and O–H groups in total. The summed E-state index contributed by atoms with van der Waals surface area (Å²) >= 11 is 0. The molecular weight excluding hydrogens is 356 g/mol. The van der Waals surface area contributed by atoms with Crippen LogP contribution in [0.1, 0.15) is 25.8 Å². The minimum Gasteiger partial charge on any atom is -0.495 e. The Labute approximate surface area is 166 Å². The number of hydrogen-bond donors (Lipinski definition) is 1. The lowest BCUT2D eigenvalue weighted by Gasteiger charge is -2.22. The monoisotopic (exact) mass is 384 g/mol. The summed E-state index contributed by atoms with van der Waals surface area (Å²) in [7, 11) is 1.54. The lowest BCUT2D eigenvalue weighted by molar-refractivity contribution is -0.136. The number of ether oxygens (including phenoxy) is 2. The van der Waals surface area contributed by atoms with E-state index in [2.05, 4.69) is 12.2 Å². The van der Waals surface area contributed by atoms with Gasteiger partial charge in [-0.1, -0.05) is 38.1 Å². The molecule has 28 heavy (non-hydrogen) atoms. The summed E-state index contributed by atoms with van der Waals surface area (Å²) in [5.41, 5.74) is 1.78. The van der Waals surface area contributed by atoms with Crippen LogP contribution < -0.4 is 14.8 Å². The molecule has 0 spiro atoms. The van der Waals surface area contributed by atoms with Gasteiger partial charge < -0.3 is 19.7 Å². The minimum atomic E-state index is -0.279. The molecule has 0 aliphatic rings. The van der Waals surface area contributed by atoms with E-state index in [1.807, 2.05) is 43.3 Å². The van der Waals surface area contributed by atoms with E-state index < -0.39 is 0 Å². The molecule has 150 valence electrons. The predicted molar refractivity (Wildman–Crippen MR) is 110 cm³/mol. The second-order valence-electron chi connectivity index (χ2n) is 6.35. The van der Waals surface area contributed by atoms with Crippen molar-refractivity contribution in [1.29, 1.82) is 0 Å². The third kappa shape index (κ3) is 6.30. The van der Waals surface area contributed by atoms with Crippen molar-refractivity contribution < 1.29 is 19.1 Å². The molecule has 2 aromatic carbocycles. The van der Waals surface area contributed by atoms with Crippen molar-refractivity contribution in [1.82, 2.24) is 4.90 Å². The van der Waals surface area contributed by atoms with E-state index >= 15 is 0 Å². The van der Waals surface area contributed by atoms with Gasteiger partial charge in [0.1, 0.15) is 11.5 Å². The van der Waals surface area contributed by atoms with E-state index in [0.29, 0.717) is 23.7 Å². The van der Waals surface area contributed by atoms with Crippen molar-refractivity contribution in [3.8, 4) is 11.5 Å². The molecule has 2 aromatic rings. The molecule has 0 aliphatic carbocycles. The molecule has 0 heterocycles. The summed E-state index contributed by atoms with van der Waals surface area (Å²) in [4.78, 5) is 26.5. The van der Waals surface area contributed by atoms with Gasteiger partial charge in [0.05, 0.1) is 19.3 Å². The number of benzene rings is 2. The average Bonchev–Trinajstić information content (AvgIpc) is 2.72. The number of amides is 2. The lowest BCUT2D eigenvalue weighted by Crippen LogP contribution is -2.41. The zero-order valence-corrected chi connectivity index (χ0v) is 16.7. The topological polar surface area (TPSA) is 67.9 Å². The number of anilines is 1. The first-order chi connectivity index (χ1) is 13.6. The van der Waals surface area contributed by atoms with Gasteiger partial charge in [-0.3, -0.25) is 9.59 Å². The van der Waals surface area contributed by atoms with Gasteiger partial charge in [0.15, 0.2) is 6.61 Å². The van der Waals surface area contributed by atoms with E-state index in [9.17, 15) is 9.59 Å². The summed E-state index contributed by atoms with van der Waals surface area (Å²) < 4.78 is 10.8. The highest BCUT2D eigenvalue weighted by atomic mass is 16.5. The van der Waals surface area contributed by atoms with E-state index in [0.717, 1.165) is 12.8 Å². The standard InChI is InChI=1S/C22H28N2O4/c1-4-14-24(15-21(25)23-19-8-6-7-9-20(19)27-3)22(26)16-28-18-12-10-17(5-2)11-13-18/h6-13H,4-5,14-16H2,1-3H3,(H,23,25). The molecule has 0 aliphatic heterocycles. The predicted octanol–water partition coefficient (Wildman–Crippen LogP) is 3.51. The van der Waals surface area contributed by atoms with Crippen molar-refractivity contribution in [2.75, 3.05) is 32.1 Å². The Morgan fingerprint density at radius 1 is 1.04 bits per heavy atom. The molecule has 0 radical (unpaired) electrons. The minimum absolute atomic E-state index is 0.0388. The number of nitrogens with zero attached hydrogens (tertiary/aromatic N) is 1. The summed E-state index contributed by atoms with van der Waals surface area (Å²) in [6, 6.07) is 14.8. The summed E-state index contributed by atoms with van der Waals surface area (Å²) in [6.07, 6.45) is 1.70. The molecule has 0 fully saturated rings. The smallest absolute Gasteiger partial charge is 0.260 e. The lowest BCUT2D eigenvalue weighted by atomic mass is 10.2. The van der Waals surface area contributed by atoms with Crippen LogP contribution in [0.4, 0.5) is 5.69 Å². The number of carbonyl (C=O) groups is 2. The third-order valence-corrected chi connectivity index (χ3v) is 4.26. The van der Waals surface area contributed by atoms with E-state index in [1.54, 1.807) is 19.2 Å². The molecule has 2 amide bonds. The van der Waals surface area contributed by atoms with Gasteiger partial charge in [0, 0.05) is 6.54 Å². The number of aryl methyl sites for hydroxylation is 1. The van der Waals surface area contributed by atoms with Gasteiger partial charge in [0.2, 0.25) is 5.91 Å². The highest BCUT2D eigenvalue weighted by Crippen LogP contribution is 2.22. The summed E-state index contributed by atoms with van der Waals surface area (Å²) in [5.74, 6) is 0.707. The maximum absolute atomic E-state index is 12.5. The van der Waals surface area contributed by atoms with Gasteiger partial charge in [-0.25, -0.2) is 0 Å². The van der Waals surface area contributed by atoms with E-state index in [1.165, 1.54) is 10.5 Å². The Bertz CT molecular complexity index is 774. The van der Waals surface area contributed by atoms with Crippen molar-refractivity contribution in [2.45, 2.75) is 26.7 Å². The first-order valence-electron chi connectivity index (χ1n) is 9.49. The highest BCUT2D eigenvalue weighted by Gasteiger charge is 2.18. The Morgan fingerprint density at radius 3 is 2.39 bits per heavy atom. The third-order valence-electron chi connectivity index (χ3n) is 4.26. The number of hydrogen-bond acceptors (Lipinski definition) is 4. The molecule has 0 saturated heterocycles. The highest BCUT2D eigenvalue weighted by molar-refractivity contribution is 5.95. The largest absolute Gasteiger partial charge is 0.495 e. The molecule has 2 rings (SSSR count). The zero-order valence-electron chi connectivity index (χ0n) is 16.7. The molecule has 0 bridgehead atoms. The summed E-state index contributed by atoms with van der Waals surface area (Å²) in [5, 5.41) is 2.79. The number of rotatable bonds is 10. The Kier molecular flexibility index (Phi) is 8.34. The molecular formula is C22H28N2O4. The van der Waals surface area contributed by atoms with Crippen molar-refractivity contribution in [3.63, 3.8) is 0 Å². The zero-order chi connectivity index (χ0) is 20.4. The fraction of sp³-hybridized carbons (Fsp3) is 0.364. The average molecular weight is 384 g/mol. The van der Waals surface area contributed by atoms with Crippen LogP contribution in [-0.2, 0) is 16.0 Å². The first-order valence-corrected chi connectivity index (χ1v) is 9.49. The van der Waals surface area contributed by atoms with Gasteiger partial charge in [-0.2, -0.15) is 0 Å². The maximum Gasteiger partial charge on any atom is 0.260 e. The second-order valence-corrected chi connectivity index (χ2v) is 6.35. The maximum atomic E-state index is 12.5. The van der Waals surface area contributed by atoms with Gasteiger partial charge in [-0.15, -0.1) is 0 Å². The fourth-order valence-electron chi connectivity index (χ4n) is 2.73. The molecule has 0 saturated carbocycles. The number of para-hydroxylation sites is 2. The van der Waals surface area contributed by atoms with Crippen molar-refractivity contribution in [2.24, 2.45) is 0 Å². The van der Waals surface area contributed by atoms with Crippen LogP contribution in [0.3, 0.4) is 0 Å². The van der Waals surface area contributed by atoms with E-state index in [4.69, 9.17) is 9.47 Å². The van der Waals surface area contributed by atoms with Crippen LogP contribution in [0.15, 0.2) is 48.5 Å². The van der Waals surface area contributed by atoms with Gasteiger partial charge >= 0.3 is 0 Å².